The molecule has 12 heteroatoms. The smallest absolute Gasteiger partial charge is 0.253 e. The third kappa shape index (κ3) is 7.17. The van der Waals surface area contributed by atoms with Crippen LogP contribution in [0.5, 0.6) is 0 Å². The summed E-state index contributed by atoms with van der Waals surface area (Å²) in [7, 11) is -3.49. The number of aryl methyl sites for hydroxylation is 3. The number of nitrogens with one attached hydrogen (secondary N) is 1. The summed E-state index contributed by atoms with van der Waals surface area (Å²) in [5.41, 5.74) is 5.49. The number of hydrogen-bond acceptors (Lipinski definition) is 8. The molecule has 5 rings (SSSR count). The number of benzene rings is 2. The van der Waals surface area contributed by atoms with E-state index in [0.29, 0.717) is 48.6 Å². The Labute approximate surface area is 251 Å². The van der Waals surface area contributed by atoms with Crippen molar-refractivity contribution in [1.29, 1.82) is 0 Å². The summed E-state index contributed by atoms with van der Waals surface area (Å²) in [6, 6.07) is 17.1. The summed E-state index contributed by atoms with van der Waals surface area (Å²) < 4.78 is 29.2. The molecule has 0 saturated carbocycles. The number of aromatic nitrogens is 4. The summed E-state index contributed by atoms with van der Waals surface area (Å²) in [4.78, 5) is 24.3. The fourth-order valence-electron chi connectivity index (χ4n) is 5.10. The van der Waals surface area contributed by atoms with Gasteiger partial charge in [0.2, 0.25) is 21.1 Å². The van der Waals surface area contributed by atoms with E-state index in [1.807, 2.05) is 19.9 Å². The predicted molar refractivity (Wildman–Crippen MR) is 164 cm³/mol. The summed E-state index contributed by atoms with van der Waals surface area (Å²) in [6.07, 6.45) is 1.51. The van der Waals surface area contributed by atoms with Crippen LogP contribution in [0.15, 0.2) is 64.6 Å². The first kappa shape index (κ1) is 30.1. The van der Waals surface area contributed by atoms with Crippen LogP contribution in [-0.4, -0.2) is 88.1 Å². The maximum Gasteiger partial charge on any atom is 0.253 e. The molecule has 1 N–H and O–H groups in total. The molecule has 0 spiro atoms. The average Bonchev–Trinajstić information content (AvgIpc) is 3.23. The number of amides is 1. The highest BCUT2D eigenvalue weighted by Gasteiger charge is 2.26. The Hall–Kier alpha value is -3.32. The van der Waals surface area contributed by atoms with Gasteiger partial charge < -0.3 is 10.2 Å². The highest BCUT2D eigenvalue weighted by molar-refractivity contribution is 7.99. The standard InChI is InChI=1S/C30H37N7O3S2/c1-22-10-12-25(13-11-22)20-27-23(2)32-29-33-30(34-37(29)24(27)3)41-21-28(38)31-14-17-35-15-7-16-36(19-18-35)42(39,40)26-8-5-4-6-9-26/h4-6,8-13H,7,14-21H2,1-3H3,(H,31,38). The minimum absolute atomic E-state index is 0.0946. The molecule has 1 aliphatic heterocycles. The van der Waals surface area contributed by atoms with Gasteiger partial charge in [0.25, 0.3) is 5.78 Å². The number of fused-ring (bicyclic) bond motifs is 1. The van der Waals surface area contributed by atoms with E-state index in [9.17, 15) is 13.2 Å². The Morgan fingerprint density at radius 1 is 0.952 bits per heavy atom. The van der Waals surface area contributed by atoms with Gasteiger partial charge in [-0.3, -0.25) is 4.79 Å². The Balaban J connectivity index is 1.10. The molecule has 222 valence electrons. The van der Waals surface area contributed by atoms with Gasteiger partial charge in [-0.2, -0.15) is 9.29 Å². The Morgan fingerprint density at radius 3 is 2.48 bits per heavy atom. The van der Waals surface area contributed by atoms with Crippen molar-refractivity contribution in [3.8, 4) is 0 Å². The summed E-state index contributed by atoms with van der Waals surface area (Å²) in [5, 5.41) is 8.10. The fourth-order valence-corrected chi connectivity index (χ4v) is 7.24. The second kappa shape index (κ2) is 13.3. The van der Waals surface area contributed by atoms with Crippen molar-refractivity contribution >= 4 is 33.5 Å². The topological polar surface area (TPSA) is 113 Å². The van der Waals surface area contributed by atoms with Crippen molar-refractivity contribution in [3.63, 3.8) is 0 Å². The SMILES string of the molecule is Cc1ccc(Cc2c(C)nc3nc(SCC(=O)NCCN4CCCN(S(=O)(=O)c5ccccc5)CC4)nn3c2C)cc1. The van der Waals surface area contributed by atoms with Crippen LogP contribution in [0.3, 0.4) is 0 Å². The van der Waals surface area contributed by atoms with Gasteiger partial charge in [-0.05, 0) is 57.0 Å². The van der Waals surface area contributed by atoms with Crippen LogP contribution in [0.1, 0.15) is 34.5 Å². The first-order valence-corrected chi connectivity index (χ1v) is 16.6. The van der Waals surface area contributed by atoms with E-state index in [4.69, 9.17) is 0 Å². The van der Waals surface area contributed by atoms with Crippen LogP contribution < -0.4 is 5.32 Å². The molecule has 0 radical (unpaired) electrons. The zero-order valence-corrected chi connectivity index (χ0v) is 25.9. The van der Waals surface area contributed by atoms with Crippen LogP contribution >= 0.6 is 11.8 Å². The molecule has 2 aromatic carbocycles. The second-order valence-electron chi connectivity index (χ2n) is 10.6. The first-order chi connectivity index (χ1) is 20.2. The molecule has 3 heterocycles. The molecule has 1 saturated heterocycles. The predicted octanol–water partition coefficient (Wildman–Crippen LogP) is 3.25. The molecule has 0 unspecified atom stereocenters. The highest BCUT2D eigenvalue weighted by atomic mass is 32.2. The van der Waals surface area contributed by atoms with Gasteiger partial charge in [0.05, 0.1) is 10.6 Å². The number of thioether (sulfide) groups is 1. The molecule has 4 aromatic rings. The van der Waals surface area contributed by atoms with Crippen LogP contribution in [0, 0.1) is 20.8 Å². The van der Waals surface area contributed by atoms with Crippen molar-refractivity contribution < 1.29 is 13.2 Å². The van der Waals surface area contributed by atoms with E-state index < -0.39 is 10.0 Å². The molecule has 1 amide bonds. The highest BCUT2D eigenvalue weighted by Crippen LogP contribution is 2.21. The molecule has 1 fully saturated rings. The van der Waals surface area contributed by atoms with Crippen LogP contribution in [-0.2, 0) is 21.2 Å². The van der Waals surface area contributed by atoms with E-state index in [2.05, 4.69) is 56.5 Å². The monoisotopic (exact) mass is 607 g/mol. The van der Waals surface area contributed by atoms with E-state index in [1.54, 1.807) is 33.1 Å². The van der Waals surface area contributed by atoms with E-state index in [1.165, 1.54) is 22.9 Å². The lowest BCUT2D eigenvalue weighted by Crippen LogP contribution is -2.38. The van der Waals surface area contributed by atoms with E-state index in [0.717, 1.165) is 36.3 Å². The van der Waals surface area contributed by atoms with E-state index >= 15 is 0 Å². The number of hydrogen-bond donors (Lipinski definition) is 1. The molecule has 10 nitrogen and oxygen atoms in total. The number of rotatable bonds is 10. The van der Waals surface area contributed by atoms with Crippen molar-refractivity contribution in [2.45, 2.75) is 43.7 Å². The van der Waals surface area contributed by atoms with Gasteiger partial charge in [-0.15, -0.1) is 5.10 Å². The van der Waals surface area contributed by atoms with Gasteiger partial charge in [0.15, 0.2) is 0 Å². The zero-order chi connectivity index (χ0) is 29.7. The molecule has 0 atom stereocenters. The lowest BCUT2D eigenvalue weighted by atomic mass is 10.0. The van der Waals surface area contributed by atoms with Gasteiger partial charge >= 0.3 is 0 Å². The Bertz CT molecular complexity index is 1640. The van der Waals surface area contributed by atoms with Crippen molar-refractivity contribution in [1.82, 2.24) is 34.1 Å². The van der Waals surface area contributed by atoms with Crippen molar-refractivity contribution in [2.75, 3.05) is 45.0 Å². The Kier molecular flexibility index (Phi) is 9.57. The minimum atomic E-state index is -3.49. The molecule has 1 aliphatic rings. The quantitative estimate of drug-likeness (QED) is 0.274. The second-order valence-corrected chi connectivity index (χ2v) is 13.5. The van der Waals surface area contributed by atoms with Crippen molar-refractivity contribution in [2.24, 2.45) is 0 Å². The molecular formula is C30H37N7O3S2. The van der Waals surface area contributed by atoms with Gasteiger partial charge in [-0.25, -0.2) is 17.9 Å². The molecule has 2 aromatic heterocycles. The summed E-state index contributed by atoms with van der Waals surface area (Å²) >= 11 is 1.29. The zero-order valence-electron chi connectivity index (χ0n) is 24.3. The third-order valence-electron chi connectivity index (χ3n) is 7.54. The Morgan fingerprint density at radius 2 is 1.71 bits per heavy atom. The largest absolute Gasteiger partial charge is 0.354 e. The first-order valence-electron chi connectivity index (χ1n) is 14.2. The van der Waals surface area contributed by atoms with Crippen LogP contribution in [0.4, 0.5) is 0 Å². The molecular weight excluding hydrogens is 571 g/mol. The third-order valence-corrected chi connectivity index (χ3v) is 10.3. The van der Waals surface area contributed by atoms with Gasteiger partial charge in [-0.1, -0.05) is 59.8 Å². The summed E-state index contributed by atoms with van der Waals surface area (Å²) in [6.45, 7) is 9.59. The minimum Gasteiger partial charge on any atom is -0.354 e. The molecule has 0 bridgehead atoms. The molecule has 0 aliphatic carbocycles. The summed E-state index contributed by atoms with van der Waals surface area (Å²) in [5.74, 6) is 0.641. The lowest BCUT2D eigenvalue weighted by molar-refractivity contribution is -0.118. The van der Waals surface area contributed by atoms with Crippen LogP contribution in [0.2, 0.25) is 0 Å². The lowest BCUT2D eigenvalue weighted by Gasteiger charge is -2.21. The number of carbonyl (C=O) groups is 1. The van der Waals surface area contributed by atoms with E-state index in [-0.39, 0.29) is 11.7 Å². The number of nitrogens with zero attached hydrogens (tertiary/aromatic N) is 6. The van der Waals surface area contributed by atoms with Gasteiger partial charge in [0, 0.05) is 50.5 Å². The van der Waals surface area contributed by atoms with Crippen molar-refractivity contribution in [3.05, 3.63) is 82.7 Å². The van der Waals surface area contributed by atoms with Crippen LogP contribution in [0.25, 0.3) is 5.78 Å². The maximum atomic E-state index is 13.0. The van der Waals surface area contributed by atoms with Gasteiger partial charge in [0.1, 0.15) is 0 Å². The normalized spacial score (nSPS) is 15.1. The number of sulfonamides is 1. The average molecular weight is 608 g/mol. The maximum absolute atomic E-state index is 13.0. The molecule has 42 heavy (non-hydrogen) atoms. The number of carbonyl (C=O) groups excluding carboxylic acids is 1. The fraction of sp³-hybridized carbons (Fsp3) is 0.400.